The van der Waals surface area contributed by atoms with Crippen molar-refractivity contribution in [1.82, 2.24) is 4.90 Å². The monoisotopic (exact) mass is 235 g/mol. The third kappa shape index (κ3) is 2.41. The molecule has 1 unspecified atom stereocenters. The van der Waals surface area contributed by atoms with Gasteiger partial charge in [-0.2, -0.15) is 0 Å². The maximum atomic E-state index is 11.9. The van der Waals surface area contributed by atoms with Gasteiger partial charge in [-0.1, -0.05) is 6.08 Å². The molecule has 0 N–H and O–H groups in total. The minimum absolute atomic E-state index is 0.0424. The van der Waals surface area contributed by atoms with Gasteiger partial charge in [-0.3, -0.25) is 9.69 Å². The second-order valence-corrected chi connectivity index (χ2v) is 4.37. The van der Waals surface area contributed by atoms with Crippen LogP contribution in [-0.4, -0.2) is 29.8 Å². The van der Waals surface area contributed by atoms with Crippen LogP contribution >= 0.6 is 0 Å². The fraction of sp³-hybridized carbons (Fsp3) is 0.538. The third-order valence-corrected chi connectivity index (χ3v) is 3.22. The summed E-state index contributed by atoms with van der Waals surface area (Å²) in [5, 5.41) is 0. The van der Waals surface area contributed by atoms with Crippen molar-refractivity contribution in [1.29, 1.82) is 0 Å². The number of esters is 1. The van der Waals surface area contributed by atoms with Gasteiger partial charge in [-0.05, 0) is 32.6 Å². The largest absolute Gasteiger partial charge is 0.465 e. The molecule has 0 aliphatic carbocycles. The molecule has 0 spiro atoms. The van der Waals surface area contributed by atoms with E-state index in [1.54, 1.807) is 20.4 Å². The van der Waals surface area contributed by atoms with E-state index >= 15 is 0 Å². The van der Waals surface area contributed by atoms with Gasteiger partial charge in [0.25, 0.3) is 0 Å². The maximum Gasteiger partial charge on any atom is 0.329 e. The Morgan fingerprint density at radius 3 is 2.94 bits per heavy atom. The molecule has 2 aliphatic heterocycles. The number of rotatable bonds is 3. The highest BCUT2D eigenvalue weighted by atomic mass is 16.5. The predicted octanol–water partition coefficient (Wildman–Crippen LogP) is 1.48. The lowest BCUT2D eigenvalue weighted by atomic mass is 9.96. The standard InChI is InChI=1S/C13H17NO3/c1-3-17-13(16)12-10-4-5-11(9(2)15)8-14(12)7-6-10/h5,8,10H,3-4,6-7H2,1-2H3/t10-/m0/s1. The highest BCUT2D eigenvalue weighted by Crippen LogP contribution is 2.39. The fourth-order valence-electron chi connectivity index (χ4n) is 2.36. The molecule has 4 nitrogen and oxygen atoms in total. The molecular formula is C13H17NO3. The molecule has 2 aliphatic rings. The molecule has 0 aromatic heterocycles. The molecule has 1 saturated heterocycles. The van der Waals surface area contributed by atoms with Crippen molar-refractivity contribution < 1.29 is 14.3 Å². The zero-order chi connectivity index (χ0) is 12.4. The van der Waals surface area contributed by atoms with Gasteiger partial charge in [0.15, 0.2) is 11.8 Å². The number of fused-ring (bicyclic) bond motifs is 2. The van der Waals surface area contributed by atoms with Gasteiger partial charge in [0.1, 0.15) is 0 Å². The number of carbonyl (C=O) groups excluding carboxylic acids is 2. The van der Waals surface area contributed by atoms with E-state index in [1.807, 2.05) is 11.0 Å². The van der Waals surface area contributed by atoms with Crippen LogP contribution in [0.3, 0.4) is 0 Å². The number of Topliss-reactive ketones (excluding diaryl/α,β-unsaturated/α-hetero) is 1. The third-order valence-electron chi connectivity index (χ3n) is 3.22. The van der Waals surface area contributed by atoms with Crippen molar-refractivity contribution in [2.24, 2.45) is 5.92 Å². The number of hydrogen-bond acceptors (Lipinski definition) is 4. The van der Waals surface area contributed by atoms with Gasteiger partial charge in [0.05, 0.1) is 13.2 Å². The highest BCUT2D eigenvalue weighted by molar-refractivity contribution is 5.96. The number of ether oxygens (including phenoxy) is 1. The Morgan fingerprint density at radius 2 is 2.29 bits per heavy atom. The van der Waals surface area contributed by atoms with Crippen LogP contribution in [0.4, 0.5) is 0 Å². The summed E-state index contributed by atoms with van der Waals surface area (Å²) in [6.45, 7) is 6.31. The van der Waals surface area contributed by atoms with Crippen LogP contribution in [0.5, 0.6) is 0 Å². The number of ketones is 1. The normalized spacial score (nSPS) is 28.5. The average molecular weight is 235 g/mol. The van der Waals surface area contributed by atoms with Gasteiger partial charge in [-0.25, -0.2) is 4.79 Å². The quantitative estimate of drug-likeness (QED) is 0.695. The SMILES string of the molecule is CCOC(=O)[C]1[C@H]2CC=C(C(C)=O)[CH]N1CC2. The average Bonchev–Trinajstić information content (AvgIpc) is 2.53. The maximum absolute atomic E-state index is 11.9. The lowest BCUT2D eigenvalue weighted by molar-refractivity contribution is -0.143. The first-order valence-corrected chi connectivity index (χ1v) is 6.00. The van der Waals surface area contributed by atoms with Crippen LogP contribution in [0.1, 0.15) is 26.7 Å². The lowest BCUT2D eigenvalue weighted by Crippen LogP contribution is -2.31. The number of allylic oxidation sites excluding steroid dienone is 1. The van der Waals surface area contributed by atoms with E-state index in [0.717, 1.165) is 19.4 Å². The number of hydrogen-bond donors (Lipinski definition) is 0. The second kappa shape index (κ2) is 5.00. The minimum Gasteiger partial charge on any atom is -0.465 e. The van der Waals surface area contributed by atoms with Crippen LogP contribution in [0.2, 0.25) is 0 Å². The molecular weight excluding hydrogens is 218 g/mol. The van der Waals surface area contributed by atoms with Crippen LogP contribution in [0.25, 0.3) is 0 Å². The van der Waals surface area contributed by atoms with Crippen LogP contribution < -0.4 is 0 Å². The Labute approximate surface area is 102 Å². The van der Waals surface area contributed by atoms with E-state index < -0.39 is 0 Å². The molecule has 4 heteroatoms. The summed E-state index contributed by atoms with van der Waals surface area (Å²) in [6, 6.07) is 0.708. The van der Waals surface area contributed by atoms with Crippen molar-refractivity contribution >= 4 is 11.8 Å². The molecule has 0 saturated carbocycles. The molecule has 0 aromatic rings. The molecule has 0 aromatic carbocycles. The molecule has 17 heavy (non-hydrogen) atoms. The molecule has 0 amide bonds. The summed E-state index contributed by atoms with van der Waals surface area (Å²) in [4.78, 5) is 25.1. The van der Waals surface area contributed by atoms with E-state index in [9.17, 15) is 9.59 Å². The fourth-order valence-corrected chi connectivity index (χ4v) is 2.36. The van der Waals surface area contributed by atoms with Crippen LogP contribution in [0.15, 0.2) is 11.6 Å². The Balaban J connectivity index is 2.14. The number of carbonyl (C=O) groups is 2. The molecule has 2 atom stereocenters. The zero-order valence-corrected chi connectivity index (χ0v) is 10.2. The predicted molar refractivity (Wildman–Crippen MR) is 62.4 cm³/mol. The molecule has 1 fully saturated rings. The lowest BCUT2D eigenvalue weighted by Gasteiger charge is -2.22. The van der Waals surface area contributed by atoms with E-state index in [1.165, 1.54) is 0 Å². The number of nitrogens with zero attached hydrogens (tertiary/aromatic N) is 1. The van der Waals surface area contributed by atoms with Crippen molar-refractivity contribution in [3.05, 3.63) is 24.2 Å². The summed E-state index contributed by atoms with van der Waals surface area (Å²) in [5.41, 5.74) is 0.689. The van der Waals surface area contributed by atoms with E-state index in [2.05, 4.69) is 0 Å². The summed E-state index contributed by atoms with van der Waals surface area (Å²) < 4.78 is 5.07. The Bertz CT molecular complexity index is 362. The van der Waals surface area contributed by atoms with Crippen LogP contribution in [0, 0.1) is 18.5 Å². The Hall–Kier alpha value is -1.16. The molecule has 2 rings (SSSR count). The summed E-state index contributed by atoms with van der Waals surface area (Å²) >= 11 is 0. The van der Waals surface area contributed by atoms with Crippen molar-refractivity contribution in [3.63, 3.8) is 0 Å². The Kier molecular flexibility index (Phi) is 3.62. The zero-order valence-electron chi connectivity index (χ0n) is 10.2. The first-order chi connectivity index (χ1) is 8.13. The van der Waals surface area contributed by atoms with Crippen molar-refractivity contribution in [2.45, 2.75) is 26.7 Å². The van der Waals surface area contributed by atoms with Crippen molar-refractivity contribution in [3.8, 4) is 0 Å². The Morgan fingerprint density at radius 1 is 1.53 bits per heavy atom. The minimum atomic E-state index is -0.246. The summed E-state index contributed by atoms with van der Waals surface area (Å²) in [7, 11) is 0. The van der Waals surface area contributed by atoms with Crippen molar-refractivity contribution in [2.75, 3.05) is 13.2 Å². The van der Waals surface area contributed by atoms with Gasteiger partial charge in [0.2, 0.25) is 0 Å². The summed E-state index contributed by atoms with van der Waals surface area (Å²) in [6.07, 6.45) is 3.62. The van der Waals surface area contributed by atoms with E-state index in [4.69, 9.17) is 4.74 Å². The van der Waals surface area contributed by atoms with Gasteiger partial charge < -0.3 is 4.74 Å². The topological polar surface area (TPSA) is 46.6 Å². The van der Waals surface area contributed by atoms with Gasteiger partial charge >= 0.3 is 5.97 Å². The highest BCUT2D eigenvalue weighted by Gasteiger charge is 2.43. The summed E-state index contributed by atoms with van der Waals surface area (Å²) in [5.74, 6) is -0.00707. The van der Waals surface area contributed by atoms with E-state index in [-0.39, 0.29) is 17.7 Å². The van der Waals surface area contributed by atoms with E-state index in [0.29, 0.717) is 18.2 Å². The molecule has 2 bridgehead atoms. The molecule has 92 valence electrons. The molecule has 2 radical (unpaired) electrons. The van der Waals surface area contributed by atoms with Gasteiger partial charge in [0, 0.05) is 12.1 Å². The second-order valence-electron chi connectivity index (χ2n) is 4.37. The van der Waals surface area contributed by atoms with Crippen LogP contribution in [-0.2, 0) is 14.3 Å². The molecule has 2 heterocycles. The first-order valence-electron chi connectivity index (χ1n) is 6.00. The first kappa shape index (κ1) is 12.3. The smallest absolute Gasteiger partial charge is 0.329 e. The van der Waals surface area contributed by atoms with Gasteiger partial charge in [-0.15, -0.1) is 0 Å².